The Morgan fingerprint density at radius 1 is 1.29 bits per heavy atom. The van der Waals surface area contributed by atoms with E-state index in [-0.39, 0.29) is 24.0 Å². The Bertz CT molecular complexity index is 428. The first-order valence-corrected chi connectivity index (χ1v) is 8.14. The van der Waals surface area contributed by atoms with E-state index in [1.807, 2.05) is 4.90 Å². The highest BCUT2D eigenvalue weighted by Gasteiger charge is 2.51. The van der Waals surface area contributed by atoms with Crippen molar-refractivity contribution in [3.8, 4) is 0 Å². The van der Waals surface area contributed by atoms with Crippen molar-refractivity contribution in [2.75, 3.05) is 19.6 Å². The number of likely N-dealkylation sites (N-methyl/N-ethyl adjacent to an activating group) is 1. The van der Waals surface area contributed by atoms with Crippen LogP contribution in [0.3, 0.4) is 0 Å². The van der Waals surface area contributed by atoms with E-state index in [4.69, 9.17) is 0 Å². The number of nitrogens with one attached hydrogen (secondary N) is 1. The lowest BCUT2D eigenvalue weighted by Crippen LogP contribution is -2.48. The molecule has 2 amide bonds. The zero-order valence-electron chi connectivity index (χ0n) is 12.6. The molecule has 0 saturated carbocycles. The third kappa shape index (κ3) is 2.61. The molecule has 0 spiro atoms. The molecule has 6 nitrogen and oxygen atoms in total. The molecule has 0 aromatic rings. The number of amides is 2. The number of hydrogen-bond donors (Lipinski definition) is 2. The minimum absolute atomic E-state index is 0.0609. The van der Waals surface area contributed by atoms with Crippen molar-refractivity contribution in [3.05, 3.63) is 0 Å². The van der Waals surface area contributed by atoms with Crippen LogP contribution in [0.5, 0.6) is 0 Å². The van der Waals surface area contributed by atoms with Crippen LogP contribution in [0.25, 0.3) is 0 Å². The predicted octanol–water partition coefficient (Wildman–Crippen LogP) is 1.12. The lowest BCUT2D eigenvalue weighted by atomic mass is 9.89. The third-order valence-corrected chi connectivity index (χ3v) is 5.48. The summed E-state index contributed by atoms with van der Waals surface area (Å²) in [5.74, 6) is -1.12. The van der Waals surface area contributed by atoms with Gasteiger partial charge in [-0.25, -0.2) is 4.79 Å². The number of carbonyl (C=O) groups is 2. The summed E-state index contributed by atoms with van der Waals surface area (Å²) in [5.41, 5.74) is 0. The lowest BCUT2D eigenvalue weighted by molar-refractivity contribution is -0.142. The van der Waals surface area contributed by atoms with E-state index in [2.05, 4.69) is 17.1 Å². The SMILES string of the molecule is CCN1CCCC1CNC(=O)N1C2CCC1C(C(=O)O)C2. The number of fused-ring (bicyclic) bond motifs is 2. The number of nitrogens with zero attached hydrogens (tertiary/aromatic N) is 2. The van der Waals surface area contributed by atoms with E-state index in [1.165, 1.54) is 6.42 Å². The smallest absolute Gasteiger partial charge is 0.317 e. The molecule has 6 heteroatoms. The second-order valence-corrected chi connectivity index (χ2v) is 6.50. The second-order valence-electron chi connectivity index (χ2n) is 6.50. The summed E-state index contributed by atoms with van der Waals surface area (Å²) in [7, 11) is 0. The Hall–Kier alpha value is -1.30. The number of likely N-dealkylation sites (tertiary alicyclic amines) is 1. The molecular formula is C15H25N3O3. The summed E-state index contributed by atoms with van der Waals surface area (Å²) in [6.07, 6.45) is 4.74. The summed E-state index contributed by atoms with van der Waals surface area (Å²) in [6, 6.07) is 0.406. The first kappa shape index (κ1) is 14.6. The van der Waals surface area contributed by atoms with Crippen LogP contribution in [-0.2, 0) is 4.79 Å². The maximum absolute atomic E-state index is 12.4. The molecule has 2 bridgehead atoms. The highest BCUT2D eigenvalue weighted by molar-refractivity contribution is 5.79. The molecule has 3 rings (SSSR count). The Labute approximate surface area is 125 Å². The van der Waals surface area contributed by atoms with Crippen LogP contribution < -0.4 is 5.32 Å². The van der Waals surface area contributed by atoms with Gasteiger partial charge in [0.2, 0.25) is 0 Å². The molecule has 3 aliphatic rings. The molecule has 0 radical (unpaired) electrons. The first-order valence-electron chi connectivity index (χ1n) is 8.14. The topological polar surface area (TPSA) is 72.9 Å². The Kier molecular flexibility index (Phi) is 4.06. The van der Waals surface area contributed by atoms with Crippen LogP contribution >= 0.6 is 0 Å². The highest BCUT2D eigenvalue weighted by atomic mass is 16.4. The van der Waals surface area contributed by atoms with Gasteiger partial charge in [-0.2, -0.15) is 0 Å². The van der Waals surface area contributed by atoms with Gasteiger partial charge in [-0.15, -0.1) is 0 Å². The Morgan fingerprint density at radius 2 is 2.10 bits per heavy atom. The number of hydrogen-bond acceptors (Lipinski definition) is 3. The number of aliphatic carboxylic acids is 1. The summed E-state index contributed by atoms with van der Waals surface area (Å²) < 4.78 is 0. The molecule has 3 aliphatic heterocycles. The number of carbonyl (C=O) groups excluding carboxylic acids is 1. The van der Waals surface area contributed by atoms with Gasteiger partial charge < -0.3 is 15.3 Å². The van der Waals surface area contributed by atoms with E-state index in [0.717, 1.165) is 32.4 Å². The molecule has 118 valence electrons. The molecule has 4 unspecified atom stereocenters. The number of urea groups is 1. The minimum Gasteiger partial charge on any atom is -0.481 e. The predicted molar refractivity (Wildman–Crippen MR) is 78.1 cm³/mol. The molecule has 2 N–H and O–H groups in total. The average Bonchev–Trinajstić information content (AvgIpc) is 3.17. The molecule has 3 heterocycles. The molecule has 3 saturated heterocycles. The van der Waals surface area contributed by atoms with Gasteiger partial charge in [0.05, 0.1) is 5.92 Å². The van der Waals surface area contributed by atoms with Crippen molar-refractivity contribution in [1.82, 2.24) is 15.1 Å². The van der Waals surface area contributed by atoms with Crippen LogP contribution in [0.2, 0.25) is 0 Å². The maximum Gasteiger partial charge on any atom is 0.317 e. The third-order valence-electron chi connectivity index (χ3n) is 5.48. The maximum atomic E-state index is 12.4. The normalized spacial score (nSPS) is 35.4. The van der Waals surface area contributed by atoms with Gasteiger partial charge in [0.25, 0.3) is 0 Å². The van der Waals surface area contributed by atoms with E-state index in [1.54, 1.807) is 0 Å². The fourth-order valence-corrected chi connectivity index (χ4v) is 4.41. The monoisotopic (exact) mass is 295 g/mol. The minimum atomic E-state index is -0.757. The number of rotatable bonds is 4. The molecule has 3 fully saturated rings. The van der Waals surface area contributed by atoms with Gasteiger partial charge in [0.1, 0.15) is 0 Å². The van der Waals surface area contributed by atoms with E-state index in [9.17, 15) is 14.7 Å². The van der Waals surface area contributed by atoms with E-state index < -0.39 is 5.97 Å². The van der Waals surface area contributed by atoms with E-state index >= 15 is 0 Å². The van der Waals surface area contributed by atoms with Crippen molar-refractivity contribution in [2.45, 2.75) is 57.2 Å². The number of carboxylic acids is 1. The van der Waals surface area contributed by atoms with Gasteiger partial charge in [-0.3, -0.25) is 9.69 Å². The van der Waals surface area contributed by atoms with Crippen LogP contribution in [-0.4, -0.2) is 64.7 Å². The Balaban J connectivity index is 1.55. The summed E-state index contributed by atoms with van der Waals surface area (Å²) >= 11 is 0. The second kappa shape index (κ2) is 5.83. The highest BCUT2D eigenvalue weighted by Crippen LogP contribution is 2.41. The van der Waals surface area contributed by atoms with Crippen molar-refractivity contribution < 1.29 is 14.7 Å². The lowest BCUT2D eigenvalue weighted by Gasteiger charge is -2.27. The molecule has 21 heavy (non-hydrogen) atoms. The summed E-state index contributed by atoms with van der Waals surface area (Å²) in [4.78, 5) is 27.9. The standard InChI is InChI=1S/C15H25N3O3/c1-2-17-7-3-4-11(17)9-16-15(21)18-10-5-6-13(18)12(8-10)14(19)20/h10-13H,2-9H2,1H3,(H,16,21)(H,19,20). The Morgan fingerprint density at radius 3 is 2.76 bits per heavy atom. The fraction of sp³-hybridized carbons (Fsp3) is 0.867. The van der Waals surface area contributed by atoms with Gasteiger partial charge in [-0.05, 0) is 45.2 Å². The number of carboxylic acid groups (broad SMARTS) is 1. The zero-order chi connectivity index (χ0) is 15.0. The van der Waals surface area contributed by atoms with Crippen molar-refractivity contribution in [2.24, 2.45) is 5.92 Å². The van der Waals surface area contributed by atoms with Crippen molar-refractivity contribution >= 4 is 12.0 Å². The largest absolute Gasteiger partial charge is 0.481 e. The molecule has 0 aliphatic carbocycles. The molecule has 0 aromatic heterocycles. The quantitative estimate of drug-likeness (QED) is 0.815. The molecule has 0 aromatic carbocycles. The van der Waals surface area contributed by atoms with Crippen LogP contribution in [0, 0.1) is 5.92 Å². The van der Waals surface area contributed by atoms with Crippen LogP contribution in [0.15, 0.2) is 0 Å². The van der Waals surface area contributed by atoms with Gasteiger partial charge in [0.15, 0.2) is 0 Å². The van der Waals surface area contributed by atoms with E-state index in [0.29, 0.717) is 19.0 Å². The summed E-state index contributed by atoms with van der Waals surface area (Å²) in [6.45, 7) is 4.97. The fourth-order valence-electron chi connectivity index (χ4n) is 4.41. The van der Waals surface area contributed by atoms with Crippen LogP contribution in [0.4, 0.5) is 4.79 Å². The summed E-state index contributed by atoms with van der Waals surface area (Å²) in [5, 5.41) is 12.3. The van der Waals surface area contributed by atoms with Gasteiger partial charge >= 0.3 is 12.0 Å². The van der Waals surface area contributed by atoms with Crippen LogP contribution in [0.1, 0.15) is 39.0 Å². The first-order chi connectivity index (χ1) is 10.1. The molecular weight excluding hydrogens is 270 g/mol. The van der Waals surface area contributed by atoms with Crippen molar-refractivity contribution in [1.29, 1.82) is 0 Å². The van der Waals surface area contributed by atoms with Gasteiger partial charge in [-0.1, -0.05) is 6.92 Å². The molecule has 4 atom stereocenters. The average molecular weight is 295 g/mol. The van der Waals surface area contributed by atoms with Gasteiger partial charge in [0, 0.05) is 24.7 Å². The van der Waals surface area contributed by atoms with Crippen molar-refractivity contribution in [3.63, 3.8) is 0 Å². The zero-order valence-corrected chi connectivity index (χ0v) is 12.6.